The van der Waals surface area contributed by atoms with Gasteiger partial charge in [0.1, 0.15) is 5.75 Å². The molecule has 0 aliphatic carbocycles. The van der Waals surface area contributed by atoms with Crippen LogP contribution in [0.4, 0.5) is 5.95 Å². The highest BCUT2D eigenvalue weighted by Crippen LogP contribution is 2.17. The predicted molar refractivity (Wildman–Crippen MR) is 67.6 cm³/mol. The second kappa shape index (κ2) is 5.76. The summed E-state index contributed by atoms with van der Waals surface area (Å²) in [6, 6.07) is 7.65. The topological polar surface area (TPSA) is 88.1 Å². The Labute approximate surface area is 104 Å². The fourth-order valence-corrected chi connectivity index (χ4v) is 1.32. The van der Waals surface area contributed by atoms with E-state index in [1.807, 2.05) is 38.1 Å². The lowest BCUT2D eigenvalue weighted by Gasteiger charge is -2.11. The Morgan fingerprint density at radius 2 is 2.22 bits per heavy atom. The summed E-state index contributed by atoms with van der Waals surface area (Å²) >= 11 is 0. The summed E-state index contributed by atoms with van der Waals surface area (Å²) in [5.41, 5.74) is 3.53. The molecule has 2 aromatic rings. The summed E-state index contributed by atoms with van der Waals surface area (Å²) < 4.78 is 5.66. The molecule has 7 heteroatoms. The van der Waals surface area contributed by atoms with Crippen molar-refractivity contribution in [3.63, 3.8) is 0 Å². The number of aromatic amines is 1. The van der Waals surface area contributed by atoms with Crippen molar-refractivity contribution in [2.75, 3.05) is 5.43 Å². The molecule has 1 aromatic carbocycles. The number of ether oxygens (including phenoxy) is 1. The molecule has 2 rings (SSSR count). The van der Waals surface area contributed by atoms with E-state index >= 15 is 0 Å². The van der Waals surface area contributed by atoms with Gasteiger partial charge in [-0.15, -0.1) is 5.10 Å². The van der Waals surface area contributed by atoms with Gasteiger partial charge in [0.25, 0.3) is 5.95 Å². The van der Waals surface area contributed by atoms with Gasteiger partial charge in [0.05, 0.1) is 12.3 Å². The van der Waals surface area contributed by atoms with E-state index in [2.05, 4.69) is 31.2 Å². The maximum atomic E-state index is 5.66. The van der Waals surface area contributed by atoms with E-state index in [0.717, 1.165) is 11.3 Å². The van der Waals surface area contributed by atoms with E-state index in [9.17, 15) is 0 Å². The molecule has 1 aromatic heterocycles. The Morgan fingerprint density at radius 1 is 1.39 bits per heavy atom. The van der Waals surface area contributed by atoms with Crippen LogP contribution in [0.3, 0.4) is 0 Å². The zero-order valence-corrected chi connectivity index (χ0v) is 10.2. The molecule has 18 heavy (non-hydrogen) atoms. The minimum Gasteiger partial charge on any atom is -0.490 e. The fourth-order valence-electron chi connectivity index (χ4n) is 1.32. The van der Waals surface area contributed by atoms with Gasteiger partial charge in [-0.05, 0) is 31.2 Å². The van der Waals surface area contributed by atoms with Crippen molar-refractivity contribution in [3.05, 3.63) is 29.8 Å². The van der Waals surface area contributed by atoms with E-state index in [1.54, 1.807) is 6.21 Å². The summed E-state index contributed by atoms with van der Waals surface area (Å²) in [6.07, 6.45) is 1.76. The lowest BCUT2D eigenvalue weighted by Crippen LogP contribution is -2.07. The molecule has 2 N–H and O–H groups in total. The number of rotatable bonds is 5. The van der Waals surface area contributed by atoms with Crippen LogP contribution in [0.2, 0.25) is 0 Å². The number of hydrogen-bond donors (Lipinski definition) is 2. The van der Waals surface area contributed by atoms with Gasteiger partial charge in [0.15, 0.2) is 0 Å². The third-order valence-corrected chi connectivity index (χ3v) is 2.00. The first-order chi connectivity index (χ1) is 8.75. The van der Waals surface area contributed by atoms with Crippen LogP contribution in [-0.2, 0) is 0 Å². The Kier molecular flexibility index (Phi) is 3.85. The molecule has 0 fully saturated rings. The number of nitrogens with one attached hydrogen (secondary N) is 2. The second-order valence-electron chi connectivity index (χ2n) is 3.81. The van der Waals surface area contributed by atoms with Crippen LogP contribution in [0.5, 0.6) is 5.75 Å². The van der Waals surface area contributed by atoms with Crippen LogP contribution in [0.25, 0.3) is 0 Å². The minimum absolute atomic E-state index is 0.115. The van der Waals surface area contributed by atoms with E-state index in [-0.39, 0.29) is 6.10 Å². The van der Waals surface area contributed by atoms with Gasteiger partial charge < -0.3 is 4.74 Å². The molecule has 94 valence electrons. The molecule has 0 unspecified atom stereocenters. The molecule has 0 aliphatic rings. The largest absolute Gasteiger partial charge is 0.490 e. The van der Waals surface area contributed by atoms with Crippen LogP contribution in [-0.4, -0.2) is 32.9 Å². The smallest absolute Gasteiger partial charge is 0.283 e. The summed E-state index contributed by atoms with van der Waals surface area (Å²) in [4.78, 5) is 0. The number of H-pyrrole nitrogens is 1. The molecular formula is C11H14N6O. The van der Waals surface area contributed by atoms with Crippen LogP contribution >= 0.6 is 0 Å². The molecule has 0 saturated heterocycles. The third kappa shape index (κ3) is 3.27. The van der Waals surface area contributed by atoms with Crippen molar-refractivity contribution < 1.29 is 4.74 Å². The molecule has 0 bridgehead atoms. The highest BCUT2D eigenvalue weighted by Gasteiger charge is 2.02. The normalized spacial score (nSPS) is 11.1. The zero-order chi connectivity index (χ0) is 12.8. The summed E-state index contributed by atoms with van der Waals surface area (Å²) in [7, 11) is 0. The van der Waals surface area contributed by atoms with Crippen LogP contribution in [0.15, 0.2) is 29.4 Å². The van der Waals surface area contributed by atoms with Gasteiger partial charge in [-0.1, -0.05) is 17.2 Å². The zero-order valence-electron chi connectivity index (χ0n) is 10.2. The molecule has 0 atom stereocenters. The highest BCUT2D eigenvalue weighted by atomic mass is 16.5. The monoisotopic (exact) mass is 246 g/mol. The van der Waals surface area contributed by atoms with Crippen molar-refractivity contribution in [2.24, 2.45) is 5.10 Å². The Hall–Kier alpha value is -2.44. The van der Waals surface area contributed by atoms with Crippen molar-refractivity contribution in [1.82, 2.24) is 20.6 Å². The molecule has 0 radical (unpaired) electrons. The molecule has 0 amide bonds. The fraction of sp³-hybridized carbons (Fsp3) is 0.273. The van der Waals surface area contributed by atoms with Crippen LogP contribution in [0, 0.1) is 0 Å². The molecular weight excluding hydrogens is 232 g/mol. The highest BCUT2D eigenvalue weighted by molar-refractivity contribution is 5.83. The number of aromatic nitrogens is 4. The number of benzene rings is 1. The Morgan fingerprint density at radius 3 is 2.94 bits per heavy atom. The van der Waals surface area contributed by atoms with E-state index in [1.165, 1.54) is 0 Å². The first kappa shape index (κ1) is 12.0. The summed E-state index contributed by atoms with van der Waals surface area (Å²) in [5.74, 6) is 1.10. The average molecular weight is 246 g/mol. The van der Waals surface area contributed by atoms with E-state index in [4.69, 9.17) is 4.74 Å². The second-order valence-corrected chi connectivity index (χ2v) is 3.81. The van der Waals surface area contributed by atoms with Gasteiger partial charge in [-0.25, -0.2) is 5.43 Å². The van der Waals surface area contributed by atoms with Crippen molar-refractivity contribution >= 4 is 12.2 Å². The molecule has 0 spiro atoms. The lowest BCUT2D eigenvalue weighted by atomic mass is 10.2. The molecule has 0 aliphatic heterocycles. The van der Waals surface area contributed by atoms with Gasteiger partial charge in [-0.2, -0.15) is 10.3 Å². The number of anilines is 1. The standard InChI is InChI=1S/C11H14N6O/c1-8(2)18-10-6-4-3-5-9(10)7-12-13-11-14-16-17-15-11/h3-8H,1-2H3,(H2,13,14,15,16,17)/b12-7-. The van der Waals surface area contributed by atoms with E-state index < -0.39 is 0 Å². The van der Waals surface area contributed by atoms with Gasteiger partial charge in [0, 0.05) is 5.56 Å². The Balaban J connectivity index is 2.06. The van der Waals surface area contributed by atoms with Crippen LogP contribution < -0.4 is 10.2 Å². The maximum absolute atomic E-state index is 5.66. The maximum Gasteiger partial charge on any atom is 0.283 e. The predicted octanol–water partition coefficient (Wildman–Crippen LogP) is 1.43. The number of para-hydroxylation sites is 1. The van der Waals surface area contributed by atoms with Crippen molar-refractivity contribution in [1.29, 1.82) is 0 Å². The quantitative estimate of drug-likeness (QED) is 0.615. The van der Waals surface area contributed by atoms with Gasteiger partial charge in [0.2, 0.25) is 0 Å². The molecule has 1 heterocycles. The first-order valence-corrected chi connectivity index (χ1v) is 5.54. The SMILES string of the molecule is CC(C)Oc1ccccc1/C=N\Nc1nn[nH]n1. The number of hydrogen-bond acceptors (Lipinski definition) is 6. The van der Waals surface area contributed by atoms with Crippen LogP contribution in [0.1, 0.15) is 19.4 Å². The first-order valence-electron chi connectivity index (χ1n) is 5.54. The summed E-state index contributed by atoms with van der Waals surface area (Å²) in [6.45, 7) is 3.96. The average Bonchev–Trinajstić information content (AvgIpc) is 2.84. The number of tetrazole rings is 1. The minimum atomic E-state index is 0.115. The van der Waals surface area contributed by atoms with Crippen molar-refractivity contribution in [2.45, 2.75) is 20.0 Å². The van der Waals surface area contributed by atoms with Gasteiger partial charge >= 0.3 is 0 Å². The van der Waals surface area contributed by atoms with E-state index in [0.29, 0.717) is 5.95 Å². The van der Waals surface area contributed by atoms with Gasteiger partial charge in [-0.3, -0.25) is 0 Å². The van der Waals surface area contributed by atoms with Crippen molar-refractivity contribution in [3.8, 4) is 5.75 Å². The number of nitrogens with zero attached hydrogens (tertiary/aromatic N) is 4. The summed E-state index contributed by atoms with van der Waals surface area (Å²) in [5, 5.41) is 17.2. The molecule has 7 nitrogen and oxygen atoms in total. The number of hydrazone groups is 1. The Bertz CT molecular complexity index is 508. The lowest BCUT2D eigenvalue weighted by molar-refractivity contribution is 0.242. The molecule has 0 saturated carbocycles. The third-order valence-electron chi connectivity index (χ3n) is 2.00.